The van der Waals surface area contributed by atoms with E-state index in [9.17, 15) is 4.79 Å². The summed E-state index contributed by atoms with van der Waals surface area (Å²) in [6.07, 6.45) is 2.55. The summed E-state index contributed by atoms with van der Waals surface area (Å²) in [4.78, 5) is 12.1. The summed E-state index contributed by atoms with van der Waals surface area (Å²) in [6, 6.07) is 14.5. The van der Waals surface area contributed by atoms with Gasteiger partial charge in [0.15, 0.2) is 0 Å². The van der Waals surface area contributed by atoms with E-state index < -0.39 is 0 Å². The Hall–Kier alpha value is -2.04. The molecule has 1 heterocycles. The maximum atomic E-state index is 12.1. The molecule has 23 heavy (non-hydrogen) atoms. The molecule has 0 bridgehead atoms. The van der Waals surface area contributed by atoms with Crippen LogP contribution in [0.2, 0.25) is 5.02 Å². The van der Waals surface area contributed by atoms with Crippen LogP contribution in [0.25, 0.3) is 0 Å². The van der Waals surface area contributed by atoms with E-state index in [1.54, 1.807) is 24.3 Å². The monoisotopic (exact) mass is 330 g/mol. The van der Waals surface area contributed by atoms with Gasteiger partial charge < -0.3 is 15.4 Å². The van der Waals surface area contributed by atoms with Crippen LogP contribution in [-0.4, -0.2) is 25.2 Å². The highest BCUT2D eigenvalue weighted by Gasteiger charge is 2.14. The van der Waals surface area contributed by atoms with Gasteiger partial charge in [-0.1, -0.05) is 17.7 Å². The summed E-state index contributed by atoms with van der Waals surface area (Å²) in [5.74, 6) is -0.174. The summed E-state index contributed by atoms with van der Waals surface area (Å²) in [7, 11) is 0. The molecule has 0 aliphatic carbocycles. The van der Waals surface area contributed by atoms with Gasteiger partial charge >= 0.3 is 0 Å². The second-order valence-corrected chi connectivity index (χ2v) is 5.99. The fourth-order valence-electron chi connectivity index (χ4n) is 2.54. The van der Waals surface area contributed by atoms with Crippen LogP contribution < -0.4 is 10.6 Å². The first-order valence-corrected chi connectivity index (χ1v) is 8.11. The zero-order valence-electron chi connectivity index (χ0n) is 12.7. The van der Waals surface area contributed by atoms with Crippen LogP contribution in [0.15, 0.2) is 48.5 Å². The Morgan fingerprint density at radius 2 is 1.96 bits per heavy atom. The minimum atomic E-state index is -0.174. The topological polar surface area (TPSA) is 50.4 Å². The zero-order chi connectivity index (χ0) is 16.1. The SMILES string of the molecule is O=C(Nc1ccc(NCC2CCCO2)cc1)c1cccc(Cl)c1. The first kappa shape index (κ1) is 15.8. The lowest BCUT2D eigenvalue weighted by atomic mass is 10.2. The van der Waals surface area contributed by atoms with Crippen molar-refractivity contribution in [3.05, 3.63) is 59.1 Å². The highest BCUT2D eigenvalue weighted by molar-refractivity contribution is 6.31. The lowest BCUT2D eigenvalue weighted by Gasteiger charge is -2.12. The Bertz CT molecular complexity index is 667. The third-order valence-electron chi connectivity index (χ3n) is 3.79. The van der Waals surface area contributed by atoms with Crippen LogP contribution in [-0.2, 0) is 4.74 Å². The highest BCUT2D eigenvalue weighted by Crippen LogP contribution is 2.18. The van der Waals surface area contributed by atoms with E-state index in [1.807, 2.05) is 24.3 Å². The Morgan fingerprint density at radius 1 is 1.17 bits per heavy atom. The van der Waals surface area contributed by atoms with Crippen LogP contribution in [0.1, 0.15) is 23.2 Å². The lowest BCUT2D eigenvalue weighted by molar-refractivity contribution is 0.102. The molecule has 2 N–H and O–H groups in total. The molecule has 2 aromatic rings. The fraction of sp³-hybridized carbons (Fsp3) is 0.278. The van der Waals surface area contributed by atoms with Crippen molar-refractivity contribution in [2.24, 2.45) is 0 Å². The molecule has 1 aliphatic heterocycles. The van der Waals surface area contributed by atoms with Gasteiger partial charge in [0, 0.05) is 35.1 Å². The molecular formula is C18H19ClN2O2. The molecule has 2 aromatic carbocycles. The third-order valence-corrected chi connectivity index (χ3v) is 4.02. The molecule has 1 amide bonds. The fourth-order valence-corrected chi connectivity index (χ4v) is 2.73. The molecule has 0 spiro atoms. The van der Waals surface area contributed by atoms with E-state index in [0.29, 0.717) is 16.7 Å². The van der Waals surface area contributed by atoms with Crippen LogP contribution in [0, 0.1) is 0 Å². The average molecular weight is 331 g/mol. The zero-order valence-corrected chi connectivity index (χ0v) is 13.5. The second-order valence-electron chi connectivity index (χ2n) is 5.56. The largest absolute Gasteiger partial charge is 0.382 e. The summed E-state index contributed by atoms with van der Waals surface area (Å²) in [5.41, 5.74) is 2.30. The number of rotatable bonds is 5. The van der Waals surface area contributed by atoms with Gasteiger partial charge in [-0.2, -0.15) is 0 Å². The summed E-state index contributed by atoms with van der Waals surface area (Å²) in [5, 5.41) is 6.76. The smallest absolute Gasteiger partial charge is 0.255 e. The quantitative estimate of drug-likeness (QED) is 0.864. The first-order valence-electron chi connectivity index (χ1n) is 7.73. The Balaban J connectivity index is 1.55. The molecule has 1 saturated heterocycles. The van der Waals surface area contributed by atoms with Crippen molar-refractivity contribution < 1.29 is 9.53 Å². The van der Waals surface area contributed by atoms with E-state index in [-0.39, 0.29) is 5.91 Å². The summed E-state index contributed by atoms with van der Waals surface area (Å²) >= 11 is 5.90. The van der Waals surface area contributed by atoms with Crippen molar-refractivity contribution in [1.82, 2.24) is 0 Å². The van der Waals surface area contributed by atoms with Gasteiger partial charge in [0.05, 0.1) is 6.10 Å². The number of nitrogens with one attached hydrogen (secondary N) is 2. The third kappa shape index (κ3) is 4.47. The van der Waals surface area contributed by atoms with Gasteiger partial charge in [0.25, 0.3) is 5.91 Å². The minimum absolute atomic E-state index is 0.174. The lowest BCUT2D eigenvalue weighted by Crippen LogP contribution is -2.18. The number of carbonyl (C=O) groups is 1. The van der Waals surface area contributed by atoms with Gasteiger partial charge in [-0.3, -0.25) is 4.79 Å². The Labute approximate surface area is 140 Å². The van der Waals surface area contributed by atoms with Gasteiger partial charge in [-0.15, -0.1) is 0 Å². The van der Waals surface area contributed by atoms with Crippen LogP contribution in [0.3, 0.4) is 0 Å². The van der Waals surface area contributed by atoms with E-state index >= 15 is 0 Å². The maximum absolute atomic E-state index is 12.1. The number of anilines is 2. The van der Waals surface area contributed by atoms with E-state index in [4.69, 9.17) is 16.3 Å². The standard InChI is InChI=1S/C18H19ClN2O2/c19-14-4-1-3-13(11-14)18(22)21-16-8-6-15(7-9-16)20-12-17-5-2-10-23-17/h1,3-4,6-9,11,17,20H,2,5,10,12H2,(H,21,22). The van der Waals surface area contributed by atoms with Crippen molar-refractivity contribution in [1.29, 1.82) is 0 Å². The van der Waals surface area contributed by atoms with Gasteiger partial charge in [0.2, 0.25) is 0 Å². The summed E-state index contributed by atoms with van der Waals surface area (Å²) in [6.45, 7) is 1.68. The Kier molecular flexibility index (Phi) is 5.16. The molecular weight excluding hydrogens is 312 g/mol. The molecule has 120 valence electrons. The molecule has 1 fully saturated rings. The van der Waals surface area contributed by atoms with E-state index in [0.717, 1.165) is 37.4 Å². The minimum Gasteiger partial charge on any atom is -0.382 e. The number of hydrogen-bond donors (Lipinski definition) is 2. The van der Waals surface area contributed by atoms with Crippen LogP contribution in [0.5, 0.6) is 0 Å². The maximum Gasteiger partial charge on any atom is 0.255 e. The number of carbonyl (C=O) groups excluding carboxylic acids is 1. The molecule has 5 heteroatoms. The van der Waals surface area contributed by atoms with Crippen molar-refractivity contribution in [2.75, 3.05) is 23.8 Å². The highest BCUT2D eigenvalue weighted by atomic mass is 35.5. The summed E-state index contributed by atoms with van der Waals surface area (Å²) < 4.78 is 5.58. The van der Waals surface area contributed by atoms with Crippen molar-refractivity contribution in [2.45, 2.75) is 18.9 Å². The molecule has 1 unspecified atom stereocenters. The second kappa shape index (κ2) is 7.49. The number of amides is 1. The molecule has 0 aromatic heterocycles. The number of ether oxygens (including phenoxy) is 1. The number of hydrogen-bond acceptors (Lipinski definition) is 3. The van der Waals surface area contributed by atoms with Crippen molar-refractivity contribution >= 4 is 28.9 Å². The molecule has 1 atom stereocenters. The number of benzene rings is 2. The Morgan fingerprint density at radius 3 is 2.65 bits per heavy atom. The van der Waals surface area contributed by atoms with E-state index in [1.165, 1.54) is 0 Å². The van der Waals surface area contributed by atoms with E-state index in [2.05, 4.69) is 10.6 Å². The molecule has 1 aliphatic rings. The van der Waals surface area contributed by atoms with Crippen molar-refractivity contribution in [3.8, 4) is 0 Å². The van der Waals surface area contributed by atoms with Crippen LogP contribution in [0.4, 0.5) is 11.4 Å². The van der Waals surface area contributed by atoms with Gasteiger partial charge in [-0.25, -0.2) is 0 Å². The predicted molar refractivity (Wildman–Crippen MR) is 93.3 cm³/mol. The molecule has 3 rings (SSSR count). The van der Waals surface area contributed by atoms with Crippen LogP contribution >= 0.6 is 11.6 Å². The first-order chi connectivity index (χ1) is 11.2. The average Bonchev–Trinajstić information content (AvgIpc) is 3.08. The normalized spacial score (nSPS) is 17.0. The number of halogens is 1. The van der Waals surface area contributed by atoms with Gasteiger partial charge in [-0.05, 0) is 55.3 Å². The molecule has 4 nitrogen and oxygen atoms in total. The molecule has 0 saturated carbocycles. The van der Waals surface area contributed by atoms with Crippen molar-refractivity contribution in [3.63, 3.8) is 0 Å². The van der Waals surface area contributed by atoms with Gasteiger partial charge in [0.1, 0.15) is 0 Å². The molecule has 0 radical (unpaired) electrons. The predicted octanol–water partition coefficient (Wildman–Crippen LogP) is 4.18.